The fraction of sp³-hybridized carbons (Fsp3) is 0.273. The molecule has 0 aliphatic rings. The lowest BCUT2D eigenvalue weighted by Gasteiger charge is -2.01. The Hall–Kier alpha value is -1.84. The zero-order chi connectivity index (χ0) is 11.0. The van der Waals surface area contributed by atoms with Crippen LogP contribution in [0.25, 0.3) is 5.65 Å². The van der Waals surface area contributed by atoms with Crippen LogP contribution in [-0.4, -0.2) is 22.5 Å². The van der Waals surface area contributed by atoms with E-state index in [1.54, 1.807) is 11.3 Å². The zero-order valence-corrected chi connectivity index (χ0v) is 8.94. The maximum absolute atomic E-state index is 11.5. The number of aryl methyl sites for hydroxylation is 2. The molecule has 0 fully saturated rings. The lowest BCUT2D eigenvalue weighted by atomic mass is 10.3. The van der Waals surface area contributed by atoms with E-state index >= 15 is 0 Å². The van der Waals surface area contributed by atoms with Crippen molar-refractivity contribution in [1.82, 2.24) is 9.38 Å². The summed E-state index contributed by atoms with van der Waals surface area (Å²) in [5, 5.41) is 0. The molecule has 2 rings (SSSR count). The average Bonchev–Trinajstić information content (AvgIpc) is 2.52. The molecule has 0 saturated carbocycles. The number of methoxy groups -OCH3 is 1. The SMILES string of the molecule is COC(=O)c1c(C)nc2ccc(C)cn12. The predicted molar refractivity (Wildman–Crippen MR) is 56.0 cm³/mol. The van der Waals surface area contributed by atoms with Gasteiger partial charge in [-0.25, -0.2) is 9.78 Å². The topological polar surface area (TPSA) is 43.6 Å². The molecule has 0 bridgehead atoms. The summed E-state index contributed by atoms with van der Waals surface area (Å²) in [5.41, 5.74) is 3.02. The fourth-order valence-electron chi connectivity index (χ4n) is 1.61. The number of imidazole rings is 1. The first-order valence-electron chi connectivity index (χ1n) is 4.67. The molecule has 0 unspecified atom stereocenters. The van der Waals surface area contributed by atoms with Crippen molar-refractivity contribution in [1.29, 1.82) is 0 Å². The minimum Gasteiger partial charge on any atom is -0.464 e. The summed E-state index contributed by atoms with van der Waals surface area (Å²) in [6.45, 7) is 3.77. The highest BCUT2D eigenvalue weighted by Gasteiger charge is 2.16. The number of ether oxygens (including phenoxy) is 1. The summed E-state index contributed by atoms with van der Waals surface area (Å²) in [6, 6.07) is 3.84. The van der Waals surface area contributed by atoms with Crippen molar-refractivity contribution < 1.29 is 9.53 Å². The first-order chi connectivity index (χ1) is 7.13. The number of esters is 1. The van der Waals surface area contributed by atoms with Crippen LogP contribution in [0.3, 0.4) is 0 Å². The molecule has 78 valence electrons. The van der Waals surface area contributed by atoms with Gasteiger partial charge in [0.1, 0.15) is 5.65 Å². The van der Waals surface area contributed by atoms with Crippen LogP contribution >= 0.6 is 0 Å². The molecule has 2 aromatic rings. The zero-order valence-electron chi connectivity index (χ0n) is 8.94. The van der Waals surface area contributed by atoms with E-state index in [2.05, 4.69) is 4.98 Å². The molecular formula is C11H12N2O2. The molecule has 0 aliphatic heterocycles. The third-order valence-electron chi connectivity index (χ3n) is 2.32. The predicted octanol–water partition coefficient (Wildman–Crippen LogP) is 1.74. The van der Waals surface area contributed by atoms with E-state index in [0.717, 1.165) is 11.2 Å². The molecule has 0 aliphatic carbocycles. The van der Waals surface area contributed by atoms with E-state index in [4.69, 9.17) is 4.74 Å². The van der Waals surface area contributed by atoms with Crippen molar-refractivity contribution in [2.24, 2.45) is 0 Å². The largest absolute Gasteiger partial charge is 0.464 e. The average molecular weight is 204 g/mol. The van der Waals surface area contributed by atoms with Crippen LogP contribution in [0.4, 0.5) is 0 Å². The van der Waals surface area contributed by atoms with Crippen molar-refractivity contribution >= 4 is 11.6 Å². The first-order valence-corrected chi connectivity index (χ1v) is 4.67. The Balaban J connectivity index is 2.76. The smallest absolute Gasteiger partial charge is 0.356 e. The Morgan fingerprint density at radius 1 is 1.40 bits per heavy atom. The molecule has 0 atom stereocenters. The van der Waals surface area contributed by atoms with Gasteiger partial charge in [0.05, 0.1) is 12.8 Å². The maximum Gasteiger partial charge on any atom is 0.356 e. The van der Waals surface area contributed by atoms with Gasteiger partial charge in [-0.2, -0.15) is 0 Å². The van der Waals surface area contributed by atoms with Crippen molar-refractivity contribution in [2.45, 2.75) is 13.8 Å². The lowest BCUT2D eigenvalue weighted by Crippen LogP contribution is -2.07. The number of hydrogen-bond acceptors (Lipinski definition) is 3. The van der Waals surface area contributed by atoms with Gasteiger partial charge in [-0.15, -0.1) is 0 Å². The normalized spacial score (nSPS) is 10.6. The van der Waals surface area contributed by atoms with Crippen molar-refractivity contribution in [2.75, 3.05) is 7.11 Å². The fourth-order valence-corrected chi connectivity index (χ4v) is 1.61. The van der Waals surface area contributed by atoms with Crippen LogP contribution in [0.1, 0.15) is 21.7 Å². The number of hydrogen-bond donors (Lipinski definition) is 0. The molecule has 0 amide bonds. The van der Waals surface area contributed by atoms with Crippen molar-refractivity contribution in [3.8, 4) is 0 Å². The number of pyridine rings is 1. The van der Waals surface area contributed by atoms with Crippen LogP contribution in [0.2, 0.25) is 0 Å². The molecule has 2 heterocycles. The van der Waals surface area contributed by atoms with E-state index in [1.165, 1.54) is 7.11 Å². The van der Waals surface area contributed by atoms with Crippen LogP contribution in [0, 0.1) is 13.8 Å². The number of carbonyl (C=O) groups is 1. The van der Waals surface area contributed by atoms with Crippen molar-refractivity contribution in [3.05, 3.63) is 35.3 Å². The summed E-state index contributed by atoms with van der Waals surface area (Å²) in [5.74, 6) is -0.356. The highest BCUT2D eigenvalue weighted by atomic mass is 16.5. The standard InChI is InChI=1S/C11H12N2O2/c1-7-4-5-9-12-8(2)10(11(14)15-3)13(9)6-7/h4-6H,1-3H3. The summed E-state index contributed by atoms with van der Waals surface area (Å²) in [4.78, 5) is 15.8. The van der Waals surface area contributed by atoms with Gasteiger partial charge in [-0.05, 0) is 25.5 Å². The third-order valence-corrected chi connectivity index (χ3v) is 2.32. The lowest BCUT2D eigenvalue weighted by molar-refractivity contribution is 0.0592. The van der Waals surface area contributed by atoms with Gasteiger partial charge in [-0.3, -0.25) is 4.40 Å². The van der Waals surface area contributed by atoms with E-state index in [0.29, 0.717) is 11.4 Å². The summed E-state index contributed by atoms with van der Waals surface area (Å²) in [6.07, 6.45) is 1.88. The number of rotatable bonds is 1. The molecule has 4 heteroatoms. The Morgan fingerprint density at radius 2 is 2.13 bits per heavy atom. The second kappa shape index (κ2) is 3.38. The van der Waals surface area contributed by atoms with Crippen LogP contribution in [-0.2, 0) is 4.74 Å². The highest BCUT2D eigenvalue weighted by molar-refractivity contribution is 5.89. The molecule has 0 radical (unpaired) electrons. The highest BCUT2D eigenvalue weighted by Crippen LogP contribution is 2.13. The van der Waals surface area contributed by atoms with E-state index in [9.17, 15) is 4.79 Å². The Labute approximate surface area is 87.5 Å². The molecular weight excluding hydrogens is 192 g/mol. The van der Waals surface area contributed by atoms with Crippen LogP contribution in [0.15, 0.2) is 18.3 Å². The minimum atomic E-state index is -0.356. The van der Waals surface area contributed by atoms with Gasteiger partial charge in [0.2, 0.25) is 0 Å². The van der Waals surface area contributed by atoms with Crippen molar-refractivity contribution in [3.63, 3.8) is 0 Å². The maximum atomic E-state index is 11.5. The molecule has 0 saturated heterocycles. The molecule has 15 heavy (non-hydrogen) atoms. The molecule has 2 aromatic heterocycles. The van der Waals surface area contributed by atoms with Gasteiger partial charge in [0.15, 0.2) is 5.69 Å². The first kappa shape index (κ1) is 9.71. The van der Waals surface area contributed by atoms with Crippen LogP contribution in [0.5, 0.6) is 0 Å². The quantitative estimate of drug-likeness (QED) is 0.664. The summed E-state index contributed by atoms with van der Waals surface area (Å²) in [7, 11) is 1.37. The van der Waals surface area contributed by atoms with Gasteiger partial charge >= 0.3 is 5.97 Å². The van der Waals surface area contributed by atoms with E-state index < -0.39 is 0 Å². The van der Waals surface area contributed by atoms with E-state index in [1.807, 2.05) is 25.3 Å². The second-order valence-corrected chi connectivity index (χ2v) is 3.47. The number of aromatic nitrogens is 2. The van der Waals surface area contributed by atoms with Gasteiger partial charge in [0.25, 0.3) is 0 Å². The van der Waals surface area contributed by atoms with E-state index in [-0.39, 0.29) is 5.97 Å². The summed E-state index contributed by atoms with van der Waals surface area (Å²) < 4.78 is 6.48. The third kappa shape index (κ3) is 1.48. The number of nitrogens with zero attached hydrogens (tertiary/aromatic N) is 2. The van der Waals surface area contributed by atoms with Gasteiger partial charge in [0, 0.05) is 6.20 Å². The Bertz CT molecular complexity index is 529. The summed E-state index contributed by atoms with van der Waals surface area (Å²) >= 11 is 0. The van der Waals surface area contributed by atoms with Crippen LogP contribution < -0.4 is 0 Å². The number of fused-ring (bicyclic) bond motifs is 1. The molecule has 0 spiro atoms. The number of carbonyl (C=O) groups excluding carboxylic acids is 1. The molecule has 0 aromatic carbocycles. The monoisotopic (exact) mass is 204 g/mol. The molecule has 0 N–H and O–H groups in total. The molecule has 4 nitrogen and oxygen atoms in total. The Kier molecular flexibility index (Phi) is 2.19. The Morgan fingerprint density at radius 3 is 2.80 bits per heavy atom. The van der Waals surface area contributed by atoms with Gasteiger partial charge < -0.3 is 4.74 Å². The second-order valence-electron chi connectivity index (χ2n) is 3.47. The minimum absolute atomic E-state index is 0.356. The van der Waals surface area contributed by atoms with Gasteiger partial charge in [-0.1, -0.05) is 6.07 Å².